The van der Waals surface area contributed by atoms with Gasteiger partial charge in [0.15, 0.2) is 0 Å². The quantitative estimate of drug-likeness (QED) is 0.311. The third-order valence-electron chi connectivity index (χ3n) is 7.96. The zero-order valence-electron chi connectivity index (χ0n) is 24.0. The van der Waals surface area contributed by atoms with Crippen molar-refractivity contribution in [3.63, 3.8) is 0 Å². The average Bonchev–Trinajstić information content (AvgIpc) is 3.24. The van der Waals surface area contributed by atoms with Crippen LogP contribution in [0.2, 0.25) is 0 Å². The first-order valence-corrected chi connectivity index (χ1v) is 14.3. The molecule has 41 heavy (non-hydrogen) atoms. The average molecular weight is 576 g/mol. The van der Waals surface area contributed by atoms with Crippen LogP contribution in [0.15, 0.2) is 42.5 Å². The van der Waals surface area contributed by atoms with Gasteiger partial charge in [0.25, 0.3) is 5.69 Å². The Morgan fingerprint density at radius 1 is 1.02 bits per heavy atom. The van der Waals surface area contributed by atoms with E-state index in [1.165, 1.54) is 17.3 Å². The van der Waals surface area contributed by atoms with Crippen molar-refractivity contribution in [3.8, 4) is 0 Å². The van der Waals surface area contributed by atoms with Crippen LogP contribution in [0.4, 0.5) is 30.2 Å². The number of nitrogens with zero attached hydrogens (tertiary/aromatic N) is 4. The number of nitro benzene ring substituents is 1. The molecule has 224 valence electrons. The highest BCUT2D eigenvalue weighted by atomic mass is 19.4. The van der Waals surface area contributed by atoms with Crippen molar-refractivity contribution in [1.82, 2.24) is 9.80 Å². The summed E-state index contributed by atoms with van der Waals surface area (Å²) in [6, 6.07) is 11.6. The minimum Gasteiger partial charge on any atom is -0.380 e. The Hall–Kier alpha value is -3.34. The van der Waals surface area contributed by atoms with E-state index in [-0.39, 0.29) is 23.1 Å². The molecule has 0 radical (unpaired) electrons. The van der Waals surface area contributed by atoms with E-state index in [1.807, 2.05) is 0 Å². The van der Waals surface area contributed by atoms with E-state index in [0.717, 1.165) is 57.7 Å². The van der Waals surface area contributed by atoms with Gasteiger partial charge in [-0.25, -0.2) is 0 Å². The van der Waals surface area contributed by atoms with Gasteiger partial charge < -0.3 is 20.0 Å². The molecule has 1 amide bonds. The lowest BCUT2D eigenvalue weighted by Gasteiger charge is -2.25. The third-order valence-corrected chi connectivity index (χ3v) is 7.96. The predicted molar refractivity (Wildman–Crippen MR) is 154 cm³/mol. The number of carbonyl (C=O) groups excluding carboxylic acids is 1. The molecule has 2 heterocycles. The lowest BCUT2D eigenvalue weighted by Crippen LogP contribution is -2.33. The number of nitrogens with one attached hydrogen (secondary N) is 1. The monoisotopic (exact) mass is 575 g/mol. The number of likely N-dealkylation sites (tertiary alicyclic amines) is 1. The van der Waals surface area contributed by atoms with Crippen LogP contribution in [-0.2, 0) is 16.4 Å². The standard InChI is InChI=1S/C30H40F3N5O3/c1-29(2,3)22-7-10-25(11-8-22)36-16-5-15-35(18-19-36)14-4-6-28(39)37-17-13-24(21-37)34-23-9-12-27(38(40)41)26(20-23)30(31,32)33/h7-12,20,24,34H,4-6,13-19,21H2,1-3H3/t24-/m1/s1. The maximum atomic E-state index is 13.3. The number of rotatable bonds is 8. The van der Waals surface area contributed by atoms with Crippen LogP contribution in [0.3, 0.4) is 0 Å². The largest absolute Gasteiger partial charge is 0.423 e. The van der Waals surface area contributed by atoms with Crippen LogP contribution < -0.4 is 10.2 Å². The fourth-order valence-corrected chi connectivity index (χ4v) is 5.59. The Labute approximate surface area is 239 Å². The molecule has 4 rings (SSSR count). The Bertz CT molecular complexity index is 1210. The Kier molecular flexibility index (Phi) is 9.46. The molecule has 0 spiro atoms. The smallest absolute Gasteiger partial charge is 0.380 e. The lowest BCUT2D eigenvalue weighted by molar-refractivity contribution is -0.388. The van der Waals surface area contributed by atoms with Gasteiger partial charge in [-0.1, -0.05) is 32.9 Å². The number of hydrogen-bond donors (Lipinski definition) is 1. The molecular formula is C30H40F3N5O3. The van der Waals surface area contributed by atoms with Crippen LogP contribution in [-0.4, -0.2) is 72.5 Å². The Morgan fingerprint density at radius 3 is 2.41 bits per heavy atom. The summed E-state index contributed by atoms with van der Waals surface area (Å²) >= 11 is 0. The SMILES string of the molecule is CC(C)(C)c1ccc(N2CCCN(CCCC(=O)N3CC[C@@H](Nc4ccc([N+](=O)[O-])c(C(F)(F)F)c4)C3)CC2)cc1. The third kappa shape index (κ3) is 8.12. The molecule has 0 aliphatic carbocycles. The van der Waals surface area contributed by atoms with Crippen LogP contribution in [0.25, 0.3) is 0 Å². The van der Waals surface area contributed by atoms with Gasteiger partial charge in [0.2, 0.25) is 5.91 Å². The van der Waals surface area contributed by atoms with E-state index in [4.69, 9.17) is 0 Å². The summed E-state index contributed by atoms with van der Waals surface area (Å²) in [5, 5.41) is 14.0. The number of benzene rings is 2. The number of alkyl halides is 3. The first-order chi connectivity index (χ1) is 19.3. The van der Waals surface area contributed by atoms with Crippen molar-refractivity contribution in [1.29, 1.82) is 0 Å². The van der Waals surface area contributed by atoms with E-state index in [9.17, 15) is 28.1 Å². The molecule has 0 saturated carbocycles. The highest BCUT2D eigenvalue weighted by Gasteiger charge is 2.38. The molecule has 2 saturated heterocycles. The van der Waals surface area contributed by atoms with Crippen LogP contribution in [0.5, 0.6) is 0 Å². The highest BCUT2D eigenvalue weighted by molar-refractivity contribution is 5.76. The fourth-order valence-electron chi connectivity index (χ4n) is 5.59. The summed E-state index contributed by atoms with van der Waals surface area (Å²) in [6.07, 6.45) is -1.99. The van der Waals surface area contributed by atoms with Gasteiger partial charge in [0.1, 0.15) is 5.56 Å². The lowest BCUT2D eigenvalue weighted by atomic mass is 9.87. The molecule has 2 aliphatic heterocycles. The minimum atomic E-state index is -4.83. The maximum Gasteiger partial charge on any atom is 0.423 e. The van der Waals surface area contributed by atoms with Crippen molar-refractivity contribution in [3.05, 3.63) is 63.7 Å². The van der Waals surface area contributed by atoms with Crippen molar-refractivity contribution in [2.24, 2.45) is 0 Å². The second-order valence-corrected chi connectivity index (χ2v) is 12.0. The number of amides is 1. The van der Waals surface area contributed by atoms with E-state index in [0.29, 0.717) is 25.9 Å². The van der Waals surface area contributed by atoms with Crippen molar-refractivity contribution in [2.45, 2.75) is 64.1 Å². The summed E-state index contributed by atoms with van der Waals surface area (Å²) in [5.74, 6) is 0.0457. The molecule has 0 aromatic heterocycles. The summed E-state index contributed by atoms with van der Waals surface area (Å²) in [7, 11) is 0. The zero-order chi connectivity index (χ0) is 29.8. The summed E-state index contributed by atoms with van der Waals surface area (Å²) < 4.78 is 39.9. The molecule has 2 aromatic rings. The summed E-state index contributed by atoms with van der Waals surface area (Å²) in [5.41, 5.74) is 0.598. The molecule has 0 unspecified atom stereocenters. The maximum absolute atomic E-state index is 13.3. The molecule has 1 atom stereocenters. The molecular weight excluding hydrogens is 535 g/mol. The number of nitro groups is 1. The molecule has 1 N–H and O–H groups in total. The first kappa shape index (κ1) is 30.6. The highest BCUT2D eigenvalue weighted by Crippen LogP contribution is 2.38. The molecule has 2 fully saturated rings. The van der Waals surface area contributed by atoms with E-state index in [2.05, 4.69) is 60.2 Å². The molecule has 11 heteroatoms. The van der Waals surface area contributed by atoms with Gasteiger partial charge in [-0.2, -0.15) is 13.2 Å². The zero-order valence-corrected chi connectivity index (χ0v) is 24.0. The van der Waals surface area contributed by atoms with Gasteiger partial charge in [-0.05, 0) is 67.6 Å². The topological polar surface area (TPSA) is 82.0 Å². The second kappa shape index (κ2) is 12.7. The predicted octanol–water partition coefficient (Wildman–Crippen LogP) is 5.92. The molecule has 2 aromatic carbocycles. The molecule has 0 bridgehead atoms. The van der Waals surface area contributed by atoms with E-state index >= 15 is 0 Å². The van der Waals surface area contributed by atoms with Crippen molar-refractivity contribution in [2.75, 3.05) is 56.0 Å². The van der Waals surface area contributed by atoms with E-state index in [1.54, 1.807) is 4.90 Å². The molecule has 2 aliphatic rings. The minimum absolute atomic E-state index is 0.0457. The second-order valence-electron chi connectivity index (χ2n) is 12.0. The van der Waals surface area contributed by atoms with Crippen LogP contribution >= 0.6 is 0 Å². The molecule has 8 nitrogen and oxygen atoms in total. The Balaban J connectivity index is 1.21. The normalized spacial score (nSPS) is 18.8. The number of anilines is 2. The summed E-state index contributed by atoms with van der Waals surface area (Å²) in [6.45, 7) is 12.3. The first-order valence-electron chi connectivity index (χ1n) is 14.3. The number of halogens is 3. The van der Waals surface area contributed by atoms with Gasteiger partial charge in [0, 0.05) is 62.6 Å². The van der Waals surface area contributed by atoms with Crippen LogP contribution in [0, 0.1) is 10.1 Å². The van der Waals surface area contributed by atoms with Crippen molar-refractivity contribution < 1.29 is 22.9 Å². The van der Waals surface area contributed by atoms with Gasteiger partial charge in [-0.3, -0.25) is 14.9 Å². The van der Waals surface area contributed by atoms with Gasteiger partial charge >= 0.3 is 6.18 Å². The fraction of sp³-hybridized carbons (Fsp3) is 0.567. The number of carbonyl (C=O) groups is 1. The summed E-state index contributed by atoms with van der Waals surface area (Å²) in [4.78, 5) is 29.4. The van der Waals surface area contributed by atoms with Crippen LogP contribution in [0.1, 0.15) is 57.6 Å². The van der Waals surface area contributed by atoms with E-state index < -0.39 is 22.4 Å². The number of hydrogen-bond acceptors (Lipinski definition) is 6. The van der Waals surface area contributed by atoms with Crippen molar-refractivity contribution >= 4 is 23.0 Å². The van der Waals surface area contributed by atoms with Gasteiger partial charge in [0.05, 0.1) is 4.92 Å². The van der Waals surface area contributed by atoms with Gasteiger partial charge in [-0.15, -0.1) is 0 Å². The Morgan fingerprint density at radius 2 is 1.76 bits per heavy atom.